The molecule has 0 amide bonds. The summed E-state index contributed by atoms with van der Waals surface area (Å²) in [5.41, 5.74) is 2.97. The molecule has 0 aromatic heterocycles. The van der Waals surface area contributed by atoms with Gasteiger partial charge in [0.1, 0.15) is 11.2 Å². The summed E-state index contributed by atoms with van der Waals surface area (Å²) in [5, 5.41) is 0. The van der Waals surface area contributed by atoms with Gasteiger partial charge in [0.15, 0.2) is 0 Å². The van der Waals surface area contributed by atoms with E-state index in [0.29, 0.717) is 0 Å². The zero-order valence-corrected chi connectivity index (χ0v) is 17.7. The molecule has 0 atom stereocenters. The fourth-order valence-corrected chi connectivity index (χ4v) is 4.54. The first-order valence-corrected chi connectivity index (χ1v) is 9.58. The molecule has 0 bridgehead atoms. The van der Waals surface area contributed by atoms with Crippen molar-refractivity contribution in [2.24, 2.45) is 0 Å². The molecular formula is C21H30IN3. The second kappa shape index (κ2) is 7.68. The van der Waals surface area contributed by atoms with Gasteiger partial charge in [0.25, 0.3) is 5.84 Å². The maximum absolute atomic E-state index is 2.63. The maximum Gasteiger partial charge on any atom is 0.279 e. The third kappa shape index (κ3) is 3.74. The van der Waals surface area contributed by atoms with Crippen LogP contribution in [0.1, 0.15) is 46.0 Å². The van der Waals surface area contributed by atoms with Crippen LogP contribution in [0, 0.1) is 0 Å². The second-order valence-electron chi connectivity index (χ2n) is 8.04. The second-order valence-corrected chi connectivity index (χ2v) is 8.04. The van der Waals surface area contributed by atoms with E-state index in [1.165, 1.54) is 63.4 Å². The Morgan fingerprint density at radius 2 is 1.56 bits per heavy atom. The summed E-state index contributed by atoms with van der Waals surface area (Å²) in [6.07, 6.45) is 8.95. The molecule has 3 aliphatic rings. The SMILES string of the molecule is CC1(C)CC(N2CCCC2)=CC(=[N+]2CCCC2)N1c1ccccc1.[I-]. The van der Waals surface area contributed by atoms with Crippen molar-refractivity contribution in [1.82, 2.24) is 4.90 Å². The smallest absolute Gasteiger partial charge is 0.279 e. The summed E-state index contributed by atoms with van der Waals surface area (Å²) in [7, 11) is 0. The Morgan fingerprint density at radius 1 is 0.920 bits per heavy atom. The van der Waals surface area contributed by atoms with Gasteiger partial charge in [-0.05, 0) is 51.7 Å². The zero-order chi connectivity index (χ0) is 16.6. The van der Waals surface area contributed by atoms with E-state index >= 15 is 0 Å². The first kappa shape index (κ1) is 18.7. The number of hydrogen-bond acceptors (Lipinski definition) is 1. The lowest BCUT2D eigenvalue weighted by Crippen LogP contribution is -3.00. The highest BCUT2D eigenvalue weighted by molar-refractivity contribution is 6.05. The predicted octanol–water partition coefficient (Wildman–Crippen LogP) is 0.864. The average Bonchev–Trinajstić information content (AvgIpc) is 3.28. The van der Waals surface area contributed by atoms with Gasteiger partial charge >= 0.3 is 0 Å². The van der Waals surface area contributed by atoms with Crippen molar-refractivity contribution >= 4 is 11.5 Å². The standard InChI is InChI=1S/C21H30N3.HI/c1-21(2)17-19(22-12-6-7-13-22)16-20(23-14-8-9-15-23)24(21)18-10-4-3-5-11-18;/h3-5,10-11,16H,6-9,12-15,17H2,1-2H3;1H/q+1;/p-1. The van der Waals surface area contributed by atoms with Gasteiger partial charge in [-0.25, -0.2) is 4.90 Å². The molecule has 0 N–H and O–H groups in total. The van der Waals surface area contributed by atoms with Gasteiger partial charge in [-0.3, -0.25) is 4.58 Å². The Kier molecular flexibility index (Phi) is 5.76. The van der Waals surface area contributed by atoms with Crippen molar-refractivity contribution < 1.29 is 28.6 Å². The third-order valence-electron chi connectivity index (χ3n) is 5.70. The molecule has 3 heterocycles. The summed E-state index contributed by atoms with van der Waals surface area (Å²) in [6, 6.07) is 10.9. The first-order chi connectivity index (χ1) is 11.6. The quantitative estimate of drug-likeness (QED) is 0.488. The minimum Gasteiger partial charge on any atom is -1.00 e. The third-order valence-corrected chi connectivity index (χ3v) is 5.70. The molecule has 0 spiro atoms. The van der Waals surface area contributed by atoms with Gasteiger partial charge in [0, 0.05) is 31.3 Å². The van der Waals surface area contributed by atoms with E-state index in [1.807, 2.05) is 0 Å². The number of rotatable bonds is 2. The molecule has 2 fully saturated rings. The van der Waals surface area contributed by atoms with E-state index in [1.54, 1.807) is 5.70 Å². The van der Waals surface area contributed by atoms with Crippen LogP contribution in [0.25, 0.3) is 0 Å². The van der Waals surface area contributed by atoms with Gasteiger partial charge in [-0.1, -0.05) is 18.2 Å². The van der Waals surface area contributed by atoms with Crippen molar-refractivity contribution in [3.05, 3.63) is 42.1 Å². The molecule has 25 heavy (non-hydrogen) atoms. The molecule has 4 rings (SSSR count). The molecule has 4 heteroatoms. The molecule has 1 aromatic rings. The number of benzene rings is 1. The Labute approximate surface area is 169 Å². The highest BCUT2D eigenvalue weighted by atomic mass is 127. The minimum absolute atomic E-state index is 0. The normalized spacial score (nSPS) is 22.9. The van der Waals surface area contributed by atoms with Gasteiger partial charge in [-0.15, -0.1) is 0 Å². The highest BCUT2D eigenvalue weighted by Gasteiger charge is 2.44. The summed E-state index contributed by atoms with van der Waals surface area (Å²) >= 11 is 0. The maximum atomic E-state index is 2.63. The van der Waals surface area contributed by atoms with E-state index in [-0.39, 0.29) is 29.5 Å². The van der Waals surface area contributed by atoms with Crippen LogP contribution in [0.3, 0.4) is 0 Å². The molecule has 0 saturated carbocycles. The molecule has 2 saturated heterocycles. The van der Waals surface area contributed by atoms with Crippen LogP contribution in [0.4, 0.5) is 5.69 Å². The average molecular weight is 451 g/mol. The summed E-state index contributed by atoms with van der Waals surface area (Å²) in [5.74, 6) is 1.41. The Morgan fingerprint density at radius 3 is 2.20 bits per heavy atom. The Bertz CT molecular complexity index is 649. The number of likely N-dealkylation sites (tertiary alicyclic amines) is 1. The van der Waals surface area contributed by atoms with Crippen molar-refractivity contribution in [1.29, 1.82) is 0 Å². The highest BCUT2D eigenvalue weighted by Crippen LogP contribution is 2.36. The van der Waals surface area contributed by atoms with Gasteiger partial charge in [0.05, 0.1) is 13.1 Å². The summed E-state index contributed by atoms with van der Waals surface area (Å²) < 4.78 is 2.60. The van der Waals surface area contributed by atoms with E-state index in [2.05, 4.69) is 64.6 Å². The van der Waals surface area contributed by atoms with Crippen LogP contribution in [0.15, 0.2) is 42.1 Å². The van der Waals surface area contributed by atoms with Crippen LogP contribution in [0.2, 0.25) is 0 Å². The number of para-hydroxylation sites is 1. The van der Waals surface area contributed by atoms with Crippen molar-refractivity contribution in [2.75, 3.05) is 31.1 Å². The molecule has 0 unspecified atom stereocenters. The lowest BCUT2D eigenvalue weighted by molar-refractivity contribution is -0.506. The molecule has 3 nitrogen and oxygen atoms in total. The summed E-state index contributed by atoms with van der Waals surface area (Å²) in [4.78, 5) is 5.21. The van der Waals surface area contributed by atoms with Crippen LogP contribution in [-0.4, -0.2) is 47.0 Å². The Balaban J connectivity index is 0.00000182. The Hall–Kier alpha value is -1.04. The van der Waals surface area contributed by atoms with Gasteiger partial charge in [0.2, 0.25) is 0 Å². The van der Waals surface area contributed by atoms with E-state index < -0.39 is 0 Å². The molecule has 136 valence electrons. The van der Waals surface area contributed by atoms with E-state index in [4.69, 9.17) is 0 Å². The predicted molar refractivity (Wildman–Crippen MR) is 101 cm³/mol. The van der Waals surface area contributed by atoms with Crippen molar-refractivity contribution in [3.63, 3.8) is 0 Å². The number of hydrogen-bond donors (Lipinski definition) is 0. The van der Waals surface area contributed by atoms with Crippen molar-refractivity contribution in [2.45, 2.75) is 51.5 Å². The van der Waals surface area contributed by atoms with E-state index in [9.17, 15) is 0 Å². The van der Waals surface area contributed by atoms with Crippen LogP contribution < -0.4 is 28.9 Å². The monoisotopic (exact) mass is 451 g/mol. The molecule has 0 aliphatic carbocycles. The number of anilines is 1. The summed E-state index contributed by atoms with van der Waals surface area (Å²) in [6.45, 7) is 9.66. The minimum atomic E-state index is 0. The largest absolute Gasteiger partial charge is 1.00 e. The van der Waals surface area contributed by atoms with Crippen molar-refractivity contribution in [3.8, 4) is 0 Å². The topological polar surface area (TPSA) is 9.49 Å². The lowest BCUT2D eigenvalue weighted by Gasteiger charge is -2.40. The van der Waals surface area contributed by atoms with Gasteiger partial charge in [-0.2, -0.15) is 0 Å². The van der Waals surface area contributed by atoms with Crippen LogP contribution >= 0.6 is 0 Å². The number of nitrogens with zero attached hydrogens (tertiary/aromatic N) is 3. The fourth-order valence-electron chi connectivity index (χ4n) is 4.54. The fraction of sp³-hybridized carbons (Fsp3) is 0.571. The number of halogens is 1. The lowest BCUT2D eigenvalue weighted by atomic mass is 9.90. The molecule has 0 radical (unpaired) electrons. The van der Waals surface area contributed by atoms with E-state index in [0.717, 1.165) is 6.42 Å². The zero-order valence-electron chi connectivity index (χ0n) is 15.5. The number of amidine groups is 1. The molecule has 1 aromatic carbocycles. The van der Waals surface area contributed by atoms with Crippen LogP contribution in [0.5, 0.6) is 0 Å². The molecule has 3 aliphatic heterocycles. The van der Waals surface area contributed by atoms with Crippen LogP contribution in [-0.2, 0) is 0 Å². The first-order valence-electron chi connectivity index (χ1n) is 9.58. The molecular weight excluding hydrogens is 421 g/mol. The van der Waals surface area contributed by atoms with Gasteiger partial charge < -0.3 is 28.9 Å².